The fourth-order valence-electron chi connectivity index (χ4n) is 2.41. The summed E-state index contributed by atoms with van der Waals surface area (Å²) in [5.41, 5.74) is 6.19. The second-order valence-electron chi connectivity index (χ2n) is 5.25. The molecule has 19 heavy (non-hydrogen) atoms. The van der Waals surface area contributed by atoms with E-state index in [1.54, 1.807) is 12.1 Å². The summed E-state index contributed by atoms with van der Waals surface area (Å²) in [6, 6.07) is 4.70. The van der Waals surface area contributed by atoms with E-state index in [0.717, 1.165) is 23.7 Å². The summed E-state index contributed by atoms with van der Waals surface area (Å²) in [5.74, 6) is -0.356. The van der Waals surface area contributed by atoms with Gasteiger partial charge < -0.3 is 11.1 Å². The summed E-state index contributed by atoms with van der Waals surface area (Å²) >= 11 is 3.29. The maximum absolute atomic E-state index is 13.5. The first-order valence-electron chi connectivity index (χ1n) is 6.45. The predicted molar refractivity (Wildman–Crippen MR) is 75.9 cm³/mol. The third kappa shape index (κ3) is 3.54. The smallest absolute Gasteiger partial charge is 0.220 e. The molecule has 1 fully saturated rings. The van der Waals surface area contributed by atoms with Crippen LogP contribution in [-0.2, 0) is 11.3 Å². The Morgan fingerprint density at radius 1 is 1.47 bits per heavy atom. The van der Waals surface area contributed by atoms with Crippen LogP contribution in [0.1, 0.15) is 31.2 Å². The Balaban J connectivity index is 1.88. The monoisotopic (exact) mass is 328 g/mol. The largest absolute Gasteiger partial charge is 0.352 e. The number of carbonyl (C=O) groups excluding carboxylic acids is 1. The molecule has 1 aliphatic carbocycles. The number of nitrogens with two attached hydrogens (primary N) is 1. The molecule has 1 aromatic carbocycles. The summed E-state index contributed by atoms with van der Waals surface area (Å²) in [7, 11) is 0. The zero-order valence-electron chi connectivity index (χ0n) is 10.7. The normalized spacial score (nSPS) is 16.8. The number of amides is 1. The van der Waals surface area contributed by atoms with Crippen LogP contribution in [0.5, 0.6) is 0 Å². The molecule has 3 nitrogen and oxygen atoms in total. The van der Waals surface area contributed by atoms with Crippen LogP contribution in [0.4, 0.5) is 4.39 Å². The maximum atomic E-state index is 13.5. The van der Waals surface area contributed by atoms with Crippen LogP contribution in [0, 0.1) is 11.2 Å². The van der Waals surface area contributed by atoms with Gasteiger partial charge in [0.1, 0.15) is 5.82 Å². The highest BCUT2D eigenvalue weighted by molar-refractivity contribution is 9.10. The highest BCUT2D eigenvalue weighted by atomic mass is 79.9. The van der Waals surface area contributed by atoms with Gasteiger partial charge in [-0.15, -0.1) is 0 Å². The summed E-state index contributed by atoms with van der Waals surface area (Å²) in [6.07, 6.45) is 3.62. The quantitative estimate of drug-likeness (QED) is 0.873. The Kier molecular flexibility index (Phi) is 4.58. The number of rotatable bonds is 5. The van der Waals surface area contributed by atoms with Gasteiger partial charge >= 0.3 is 0 Å². The van der Waals surface area contributed by atoms with Crippen molar-refractivity contribution in [1.82, 2.24) is 5.32 Å². The van der Waals surface area contributed by atoms with Gasteiger partial charge in [-0.1, -0.05) is 22.4 Å². The second kappa shape index (κ2) is 6.01. The van der Waals surface area contributed by atoms with Gasteiger partial charge in [-0.05, 0) is 43.0 Å². The molecular formula is C14H18BrFN2O. The topological polar surface area (TPSA) is 55.1 Å². The summed E-state index contributed by atoms with van der Waals surface area (Å²) in [4.78, 5) is 11.9. The molecule has 0 aliphatic heterocycles. The van der Waals surface area contributed by atoms with E-state index in [0.29, 0.717) is 18.5 Å². The van der Waals surface area contributed by atoms with E-state index in [4.69, 9.17) is 5.73 Å². The van der Waals surface area contributed by atoms with Crippen molar-refractivity contribution in [3.8, 4) is 0 Å². The Morgan fingerprint density at radius 2 is 2.21 bits per heavy atom. The number of nitrogens with one attached hydrogen (secondary N) is 1. The van der Waals surface area contributed by atoms with Crippen molar-refractivity contribution in [3.05, 3.63) is 34.1 Å². The number of carbonyl (C=O) groups is 1. The van der Waals surface area contributed by atoms with Crippen molar-refractivity contribution in [2.45, 2.75) is 32.2 Å². The lowest BCUT2D eigenvalue weighted by molar-refractivity contribution is -0.124. The molecule has 1 aliphatic rings. The van der Waals surface area contributed by atoms with E-state index in [1.165, 1.54) is 6.07 Å². The molecule has 0 spiro atoms. The van der Waals surface area contributed by atoms with Crippen LogP contribution in [-0.4, -0.2) is 12.5 Å². The summed E-state index contributed by atoms with van der Waals surface area (Å²) < 4.78 is 14.3. The molecule has 1 amide bonds. The minimum atomic E-state index is -0.305. The van der Waals surface area contributed by atoms with Crippen molar-refractivity contribution in [3.63, 3.8) is 0 Å². The molecule has 0 bridgehead atoms. The maximum Gasteiger partial charge on any atom is 0.220 e. The minimum absolute atomic E-state index is 0.0140. The molecule has 0 saturated heterocycles. The van der Waals surface area contributed by atoms with Crippen molar-refractivity contribution in [1.29, 1.82) is 0 Å². The van der Waals surface area contributed by atoms with E-state index < -0.39 is 0 Å². The first-order chi connectivity index (χ1) is 9.04. The summed E-state index contributed by atoms with van der Waals surface area (Å²) in [5, 5.41) is 2.77. The third-order valence-electron chi connectivity index (χ3n) is 3.87. The second-order valence-corrected chi connectivity index (χ2v) is 6.16. The van der Waals surface area contributed by atoms with Gasteiger partial charge in [0.15, 0.2) is 0 Å². The highest BCUT2D eigenvalue weighted by Crippen LogP contribution is 2.42. The Bertz CT molecular complexity index is 469. The van der Waals surface area contributed by atoms with Gasteiger partial charge in [-0.25, -0.2) is 4.39 Å². The highest BCUT2D eigenvalue weighted by Gasteiger charge is 2.37. The van der Waals surface area contributed by atoms with Crippen molar-refractivity contribution in [2.24, 2.45) is 11.1 Å². The van der Waals surface area contributed by atoms with Crippen LogP contribution in [0.15, 0.2) is 22.7 Å². The molecule has 2 rings (SSSR count). The van der Waals surface area contributed by atoms with Crippen molar-refractivity contribution in [2.75, 3.05) is 6.54 Å². The Morgan fingerprint density at radius 3 is 2.79 bits per heavy atom. The standard InChI is InChI=1S/C14H18BrFN2O/c15-11-2-3-12(16)10(6-11)8-18-13(19)7-14(9-17)4-1-5-14/h2-3,6H,1,4-5,7-9,17H2,(H,18,19). The zero-order valence-corrected chi connectivity index (χ0v) is 12.3. The SMILES string of the molecule is NCC1(CC(=O)NCc2cc(Br)ccc2F)CCC1. The van der Waals surface area contributed by atoms with Gasteiger partial charge in [0.2, 0.25) is 5.91 Å². The molecule has 104 valence electrons. The minimum Gasteiger partial charge on any atom is -0.352 e. The Labute approximate surface area is 120 Å². The molecule has 1 aromatic rings. The van der Waals surface area contributed by atoms with Crippen LogP contribution >= 0.6 is 15.9 Å². The molecule has 3 N–H and O–H groups in total. The molecule has 1 saturated carbocycles. The lowest BCUT2D eigenvalue weighted by atomic mass is 9.66. The molecule has 0 unspecified atom stereocenters. The molecule has 5 heteroatoms. The van der Waals surface area contributed by atoms with Gasteiger partial charge in [-0.3, -0.25) is 4.79 Å². The van der Waals surface area contributed by atoms with Gasteiger partial charge in [0.05, 0.1) is 0 Å². The average Bonchev–Trinajstić information content (AvgIpc) is 2.35. The van der Waals surface area contributed by atoms with Crippen LogP contribution < -0.4 is 11.1 Å². The van der Waals surface area contributed by atoms with Crippen LogP contribution in [0.25, 0.3) is 0 Å². The lowest BCUT2D eigenvalue weighted by Crippen LogP contribution is -2.41. The van der Waals surface area contributed by atoms with Crippen LogP contribution in [0.3, 0.4) is 0 Å². The molecule has 0 heterocycles. The fraction of sp³-hybridized carbons (Fsp3) is 0.500. The number of benzene rings is 1. The molecular weight excluding hydrogens is 311 g/mol. The number of hydrogen-bond acceptors (Lipinski definition) is 2. The van der Waals surface area contributed by atoms with E-state index in [1.807, 2.05) is 0 Å². The van der Waals surface area contributed by atoms with Crippen LogP contribution in [0.2, 0.25) is 0 Å². The first kappa shape index (κ1) is 14.5. The summed E-state index contributed by atoms with van der Waals surface area (Å²) in [6.45, 7) is 0.760. The zero-order chi connectivity index (χ0) is 13.9. The van der Waals surface area contributed by atoms with Crippen molar-refractivity contribution < 1.29 is 9.18 Å². The van der Waals surface area contributed by atoms with E-state index in [-0.39, 0.29) is 23.7 Å². The van der Waals surface area contributed by atoms with E-state index in [9.17, 15) is 9.18 Å². The average molecular weight is 329 g/mol. The van der Waals surface area contributed by atoms with Crippen molar-refractivity contribution >= 4 is 21.8 Å². The third-order valence-corrected chi connectivity index (χ3v) is 4.36. The van der Waals surface area contributed by atoms with Gasteiger partial charge in [0, 0.05) is 23.0 Å². The lowest BCUT2D eigenvalue weighted by Gasteiger charge is -2.40. The van der Waals surface area contributed by atoms with Gasteiger partial charge in [0.25, 0.3) is 0 Å². The molecule has 0 radical (unpaired) electrons. The predicted octanol–water partition coefficient (Wildman–Crippen LogP) is 2.72. The van der Waals surface area contributed by atoms with E-state index >= 15 is 0 Å². The first-order valence-corrected chi connectivity index (χ1v) is 7.25. The number of hydrogen-bond donors (Lipinski definition) is 2. The van der Waals surface area contributed by atoms with E-state index in [2.05, 4.69) is 21.2 Å². The fourth-order valence-corrected chi connectivity index (χ4v) is 2.81. The molecule has 0 atom stereocenters. The number of halogens is 2. The molecule has 0 aromatic heterocycles. The van der Waals surface area contributed by atoms with Gasteiger partial charge in [-0.2, -0.15) is 0 Å². The Hall–Kier alpha value is -0.940.